The minimum atomic E-state index is -0.347. The number of nitrogens with zero attached hydrogens (tertiary/aromatic N) is 1. The second-order valence-corrected chi connectivity index (χ2v) is 5.70. The average molecular weight is 292 g/mol. The van der Waals surface area contributed by atoms with Crippen LogP contribution in [0.1, 0.15) is 22.5 Å². The molecule has 0 aliphatic heterocycles. The number of nitrogen functional groups attached to an aromatic ring is 1. The Kier molecular flexibility index (Phi) is 4.39. The number of fused-ring (bicyclic) bond motifs is 1. The lowest BCUT2D eigenvalue weighted by atomic mass is 10.2. The van der Waals surface area contributed by atoms with Crippen molar-refractivity contribution in [3.63, 3.8) is 0 Å². The third kappa shape index (κ3) is 2.82. The summed E-state index contributed by atoms with van der Waals surface area (Å²) in [6.45, 7) is 4.30. The van der Waals surface area contributed by atoms with Crippen molar-refractivity contribution in [3.8, 4) is 0 Å². The lowest BCUT2D eigenvalue weighted by Gasteiger charge is -2.16. The van der Waals surface area contributed by atoms with Crippen LogP contribution < -0.4 is 5.73 Å². The molecule has 0 atom stereocenters. The van der Waals surface area contributed by atoms with E-state index < -0.39 is 0 Å². The predicted octanol–water partition coefficient (Wildman–Crippen LogP) is 3.66. The molecular formula is C15H17FN2OS. The van der Waals surface area contributed by atoms with Crippen molar-refractivity contribution in [2.24, 2.45) is 0 Å². The molecule has 2 rings (SSSR count). The number of carbonyl (C=O) groups is 1. The van der Waals surface area contributed by atoms with Gasteiger partial charge in [-0.1, -0.05) is 6.08 Å². The summed E-state index contributed by atoms with van der Waals surface area (Å²) in [6, 6.07) is 4.40. The topological polar surface area (TPSA) is 46.3 Å². The molecule has 0 fully saturated rings. The maximum atomic E-state index is 13.2. The van der Waals surface area contributed by atoms with Gasteiger partial charge in [0, 0.05) is 23.7 Å². The van der Waals surface area contributed by atoms with Gasteiger partial charge in [0.25, 0.3) is 5.91 Å². The Morgan fingerprint density at radius 3 is 3.00 bits per heavy atom. The zero-order valence-corrected chi connectivity index (χ0v) is 12.2. The number of anilines is 1. The van der Waals surface area contributed by atoms with E-state index in [1.807, 2.05) is 6.08 Å². The van der Waals surface area contributed by atoms with Crippen LogP contribution >= 0.6 is 11.3 Å². The smallest absolute Gasteiger partial charge is 0.265 e. The van der Waals surface area contributed by atoms with Crippen LogP contribution in [0.2, 0.25) is 0 Å². The molecule has 0 saturated heterocycles. The molecule has 0 radical (unpaired) electrons. The van der Waals surface area contributed by atoms with Crippen LogP contribution in [0.4, 0.5) is 10.1 Å². The van der Waals surface area contributed by atoms with E-state index in [2.05, 4.69) is 6.58 Å². The highest BCUT2D eigenvalue weighted by Gasteiger charge is 2.19. The number of hydrogen-bond acceptors (Lipinski definition) is 3. The number of unbranched alkanes of at least 4 members (excludes halogenated alkanes) is 1. The number of thiophene rings is 1. The van der Waals surface area contributed by atoms with Crippen LogP contribution in [-0.2, 0) is 0 Å². The molecule has 0 bridgehead atoms. The van der Waals surface area contributed by atoms with Crippen molar-refractivity contribution in [1.29, 1.82) is 0 Å². The van der Waals surface area contributed by atoms with Crippen LogP contribution in [0.25, 0.3) is 10.1 Å². The van der Waals surface area contributed by atoms with E-state index in [-0.39, 0.29) is 11.7 Å². The van der Waals surface area contributed by atoms with Crippen LogP contribution in [0.3, 0.4) is 0 Å². The quantitative estimate of drug-likeness (QED) is 0.675. The van der Waals surface area contributed by atoms with Gasteiger partial charge in [0.05, 0.1) is 5.69 Å². The molecule has 1 aromatic carbocycles. The van der Waals surface area contributed by atoms with Gasteiger partial charge in [0.1, 0.15) is 10.7 Å². The highest BCUT2D eigenvalue weighted by atomic mass is 32.1. The minimum absolute atomic E-state index is 0.117. The molecular weight excluding hydrogens is 275 g/mol. The summed E-state index contributed by atoms with van der Waals surface area (Å²) in [7, 11) is 1.75. The number of carbonyl (C=O) groups excluding carboxylic acids is 1. The monoisotopic (exact) mass is 292 g/mol. The normalized spacial score (nSPS) is 10.7. The number of allylic oxidation sites excluding steroid dienone is 1. The van der Waals surface area contributed by atoms with E-state index >= 15 is 0 Å². The Morgan fingerprint density at radius 2 is 2.30 bits per heavy atom. The standard InChI is InChI=1S/C15H17FN2OS/c1-3-4-5-8-18(2)15(19)14-13(17)11-9-10(16)6-7-12(11)20-14/h3,6-7,9H,1,4-5,8,17H2,2H3. The molecule has 2 N–H and O–H groups in total. The summed E-state index contributed by atoms with van der Waals surface area (Å²) >= 11 is 1.31. The number of nitrogens with two attached hydrogens (primary N) is 1. The maximum Gasteiger partial charge on any atom is 0.265 e. The Labute approximate surface area is 121 Å². The first kappa shape index (κ1) is 14.5. The van der Waals surface area contributed by atoms with E-state index in [1.54, 1.807) is 18.0 Å². The predicted molar refractivity (Wildman–Crippen MR) is 82.6 cm³/mol. The van der Waals surface area contributed by atoms with E-state index in [0.717, 1.165) is 17.5 Å². The molecule has 106 valence electrons. The van der Waals surface area contributed by atoms with Gasteiger partial charge in [0.15, 0.2) is 0 Å². The molecule has 0 unspecified atom stereocenters. The first-order valence-corrected chi connectivity index (χ1v) is 7.20. The molecule has 1 amide bonds. The second kappa shape index (κ2) is 6.05. The third-order valence-corrected chi connectivity index (χ3v) is 4.31. The molecule has 20 heavy (non-hydrogen) atoms. The van der Waals surface area contributed by atoms with E-state index in [0.29, 0.717) is 22.5 Å². The Morgan fingerprint density at radius 1 is 1.55 bits per heavy atom. The van der Waals surface area contributed by atoms with Gasteiger partial charge >= 0.3 is 0 Å². The van der Waals surface area contributed by atoms with Crippen molar-refractivity contribution in [2.75, 3.05) is 19.3 Å². The van der Waals surface area contributed by atoms with Gasteiger partial charge in [-0.25, -0.2) is 4.39 Å². The van der Waals surface area contributed by atoms with Crippen molar-refractivity contribution in [1.82, 2.24) is 4.90 Å². The molecule has 0 aliphatic carbocycles. The largest absolute Gasteiger partial charge is 0.397 e. The van der Waals surface area contributed by atoms with Gasteiger partial charge in [-0.3, -0.25) is 4.79 Å². The fourth-order valence-corrected chi connectivity index (χ4v) is 3.09. The lowest BCUT2D eigenvalue weighted by molar-refractivity contribution is 0.0799. The maximum absolute atomic E-state index is 13.2. The average Bonchev–Trinajstić information content (AvgIpc) is 2.75. The van der Waals surface area contributed by atoms with Crippen molar-refractivity contribution in [2.45, 2.75) is 12.8 Å². The third-order valence-electron chi connectivity index (χ3n) is 3.13. The van der Waals surface area contributed by atoms with Crippen LogP contribution in [0.15, 0.2) is 30.9 Å². The van der Waals surface area contributed by atoms with E-state index in [4.69, 9.17) is 5.73 Å². The van der Waals surface area contributed by atoms with E-state index in [9.17, 15) is 9.18 Å². The number of rotatable bonds is 5. The van der Waals surface area contributed by atoms with Gasteiger partial charge in [0.2, 0.25) is 0 Å². The first-order chi connectivity index (χ1) is 9.54. The lowest BCUT2D eigenvalue weighted by Crippen LogP contribution is -2.27. The Hall–Kier alpha value is -1.88. The fraction of sp³-hybridized carbons (Fsp3) is 0.267. The molecule has 1 heterocycles. The summed E-state index contributed by atoms with van der Waals surface area (Å²) < 4.78 is 14.1. The SMILES string of the molecule is C=CCCCN(C)C(=O)c1sc2ccc(F)cc2c1N. The number of halogens is 1. The Balaban J connectivity index is 2.26. The molecule has 0 spiro atoms. The molecule has 3 nitrogen and oxygen atoms in total. The summed E-state index contributed by atoms with van der Waals surface area (Å²) in [5, 5.41) is 0.609. The molecule has 0 aliphatic rings. The van der Waals surface area contributed by atoms with Gasteiger partial charge < -0.3 is 10.6 Å². The number of amides is 1. The summed E-state index contributed by atoms with van der Waals surface area (Å²) in [6.07, 6.45) is 3.56. The van der Waals surface area contributed by atoms with E-state index in [1.165, 1.54) is 23.5 Å². The summed E-state index contributed by atoms with van der Waals surface area (Å²) in [4.78, 5) is 14.5. The zero-order valence-electron chi connectivity index (χ0n) is 11.4. The van der Waals surface area contributed by atoms with Crippen LogP contribution in [0, 0.1) is 5.82 Å². The molecule has 5 heteroatoms. The number of hydrogen-bond donors (Lipinski definition) is 1. The second-order valence-electron chi connectivity index (χ2n) is 4.64. The highest BCUT2D eigenvalue weighted by molar-refractivity contribution is 7.21. The van der Waals surface area contributed by atoms with Crippen molar-refractivity contribution < 1.29 is 9.18 Å². The molecule has 0 saturated carbocycles. The fourth-order valence-electron chi connectivity index (χ4n) is 2.00. The highest BCUT2D eigenvalue weighted by Crippen LogP contribution is 2.34. The van der Waals surface area contributed by atoms with Crippen molar-refractivity contribution in [3.05, 3.63) is 41.5 Å². The van der Waals surface area contributed by atoms with Gasteiger partial charge in [-0.15, -0.1) is 17.9 Å². The van der Waals surface area contributed by atoms with Gasteiger partial charge in [-0.05, 0) is 31.0 Å². The minimum Gasteiger partial charge on any atom is -0.397 e. The van der Waals surface area contributed by atoms with Crippen LogP contribution in [-0.4, -0.2) is 24.4 Å². The zero-order chi connectivity index (χ0) is 14.7. The molecule has 1 aromatic heterocycles. The summed E-state index contributed by atoms with van der Waals surface area (Å²) in [5.41, 5.74) is 6.35. The summed E-state index contributed by atoms with van der Waals surface area (Å²) in [5.74, 6) is -0.464. The molecule has 2 aromatic rings. The Bertz CT molecular complexity index is 651. The first-order valence-electron chi connectivity index (χ1n) is 6.38. The van der Waals surface area contributed by atoms with Gasteiger partial charge in [-0.2, -0.15) is 0 Å². The number of benzene rings is 1. The van der Waals surface area contributed by atoms with Crippen molar-refractivity contribution >= 4 is 33.0 Å². The van der Waals surface area contributed by atoms with Crippen LogP contribution in [0.5, 0.6) is 0 Å².